The molecule has 0 aliphatic heterocycles. The minimum absolute atomic E-state index is 0.0237. The van der Waals surface area contributed by atoms with Crippen LogP contribution in [0.5, 0.6) is 5.75 Å². The topological polar surface area (TPSA) is 46.5 Å². The first-order valence-electron chi connectivity index (χ1n) is 4.94. The SMILES string of the molecule is COC(=O)c1ccc2cc(C)ccc2c1O. The third kappa shape index (κ3) is 1.60. The van der Waals surface area contributed by atoms with Gasteiger partial charge in [0.05, 0.1) is 7.11 Å². The van der Waals surface area contributed by atoms with E-state index in [9.17, 15) is 9.90 Å². The van der Waals surface area contributed by atoms with Crippen molar-refractivity contribution in [2.24, 2.45) is 0 Å². The number of phenolic OH excluding ortho intramolecular Hbond substituents is 1. The van der Waals surface area contributed by atoms with E-state index in [1.807, 2.05) is 19.1 Å². The molecule has 16 heavy (non-hydrogen) atoms. The van der Waals surface area contributed by atoms with Gasteiger partial charge in [-0.15, -0.1) is 0 Å². The molecule has 0 radical (unpaired) electrons. The quantitative estimate of drug-likeness (QED) is 0.745. The van der Waals surface area contributed by atoms with Crippen LogP contribution in [0.4, 0.5) is 0 Å². The number of carbonyl (C=O) groups excluding carboxylic acids is 1. The van der Waals surface area contributed by atoms with Gasteiger partial charge in [-0.1, -0.05) is 29.8 Å². The lowest BCUT2D eigenvalue weighted by Gasteiger charge is -2.06. The fourth-order valence-corrected chi connectivity index (χ4v) is 1.71. The van der Waals surface area contributed by atoms with E-state index in [2.05, 4.69) is 4.74 Å². The third-order valence-electron chi connectivity index (χ3n) is 2.55. The number of rotatable bonds is 1. The molecule has 0 amide bonds. The fourth-order valence-electron chi connectivity index (χ4n) is 1.71. The highest BCUT2D eigenvalue weighted by molar-refractivity contribution is 6.01. The average Bonchev–Trinajstić information content (AvgIpc) is 2.28. The molecule has 0 spiro atoms. The first-order valence-corrected chi connectivity index (χ1v) is 4.94. The summed E-state index contributed by atoms with van der Waals surface area (Å²) in [5.74, 6) is -0.552. The Kier molecular flexibility index (Phi) is 2.52. The molecule has 0 aromatic heterocycles. The second-order valence-electron chi connectivity index (χ2n) is 3.68. The average molecular weight is 216 g/mol. The van der Waals surface area contributed by atoms with Crippen LogP contribution in [-0.4, -0.2) is 18.2 Å². The van der Waals surface area contributed by atoms with Crippen LogP contribution in [0.25, 0.3) is 10.8 Å². The van der Waals surface area contributed by atoms with E-state index < -0.39 is 5.97 Å². The van der Waals surface area contributed by atoms with Crippen LogP contribution >= 0.6 is 0 Å². The molecule has 0 aliphatic rings. The van der Waals surface area contributed by atoms with Crippen molar-refractivity contribution >= 4 is 16.7 Å². The standard InChI is InChI=1S/C13H12O3/c1-8-3-5-10-9(7-8)4-6-11(12(10)14)13(15)16-2/h3-7,14H,1-2H3. The van der Waals surface area contributed by atoms with Crippen LogP contribution < -0.4 is 0 Å². The zero-order valence-electron chi connectivity index (χ0n) is 9.15. The maximum absolute atomic E-state index is 11.4. The van der Waals surface area contributed by atoms with Crippen LogP contribution in [-0.2, 0) is 4.74 Å². The van der Waals surface area contributed by atoms with Crippen LogP contribution in [0, 0.1) is 6.92 Å². The molecule has 0 aliphatic carbocycles. The number of fused-ring (bicyclic) bond motifs is 1. The monoisotopic (exact) mass is 216 g/mol. The molecular formula is C13H12O3. The lowest BCUT2D eigenvalue weighted by molar-refractivity contribution is 0.0598. The molecule has 82 valence electrons. The molecule has 0 heterocycles. The van der Waals surface area contributed by atoms with E-state index in [0.717, 1.165) is 10.9 Å². The van der Waals surface area contributed by atoms with Crippen molar-refractivity contribution in [2.75, 3.05) is 7.11 Å². The van der Waals surface area contributed by atoms with Gasteiger partial charge in [-0.3, -0.25) is 0 Å². The molecule has 3 heteroatoms. The van der Waals surface area contributed by atoms with Crippen molar-refractivity contribution < 1.29 is 14.6 Å². The minimum Gasteiger partial charge on any atom is -0.506 e. The Labute approximate surface area is 93.3 Å². The van der Waals surface area contributed by atoms with E-state index in [1.165, 1.54) is 7.11 Å². The van der Waals surface area contributed by atoms with E-state index in [4.69, 9.17) is 0 Å². The van der Waals surface area contributed by atoms with E-state index >= 15 is 0 Å². The number of methoxy groups -OCH3 is 1. The van der Waals surface area contributed by atoms with E-state index in [0.29, 0.717) is 5.39 Å². The third-order valence-corrected chi connectivity index (χ3v) is 2.55. The van der Waals surface area contributed by atoms with Crippen LogP contribution in [0.3, 0.4) is 0 Å². The van der Waals surface area contributed by atoms with Crippen LogP contribution in [0.2, 0.25) is 0 Å². The summed E-state index contributed by atoms with van der Waals surface area (Å²) in [5, 5.41) is 11.5. The number of aryl methyl sites for hydroxylation is 1. The number of phenols is 1. The van der Waals surface area contributed by atoms with Gasteiger partial charge in [0.2, 0.25) is 0 Å². The van der Waals surface area contributed by atoms with Crippen LogP contribution in [0.1, 0.15) is 15.9 Å². The summed E-state index contributed by atoms with van der Waals surface area (Å²) < 4.78 is 4.59. The van der Waals surface area contributed by atoms with Crippen molar-refractivity contribution in [3.05, 3.63) is 41.5 Å². The van der Waals surface area contributed by atoms with Gasteiger partial charge in [-0.05, 0) is 18.4 Å². The second kappa shape index (κ2) is 3.85. The summed E-state index contributed by atoms with van der Waals surface area (Å²) in [6, 6.07) is 9.02. The largest absolute Gasteiger partial charge is 0.506 e. The smallest absolute Gasteiger partial charge is 0.341 e. The van der Waals surface area contributed by atoms with Gasteiger partial charge in [-0.2, -0.15) is 0 Å². The van der Waals surface area contributed by atoms with Crippen molar-refractivity contribution in [3.63, 3.8) is 0 Å². The molecule has 0 atom stereocenters. The number of hydrogen-bond donors (Lipinski definition) is 1. The Morgan fingerprint density at radius 2 is 2.00 bits per heavy atom. The van der Waals surface area contributed by atoms with Gasteiger partial charge in [0.1, 0.15) is 11.3 Å². The van der Waals surface area contributed by atoms with Crippen molar-refractivity contribution in [2.45, 2.75) is 6.92 Å². The van der Waals surface area contributed by atoms with Gasteiger partial charge in [0.15, 0.2) is 0 Å². The predicted molar refractivity (Wildman–Crippen MR) is 61.7 cm³/mol. The van der Waals surface area contributed by atoms with Gasteiger partial charge >= 0.3 is 5.97 Å². The summed E-state index contributed by atoms with van der Waals surface area (Å²) >= 11 is 0. The lowest BCUT2D eigenvalue weighted by Crippen LogP contribution is -2.01. The molecule has 2 aromatic carbocycles. The summed E-state index contributed by atoms with van der Waals surface area (Å²) in [6.45, 7) is 1.98. The highest BCUT2D eigenvalue weighted by Gasteiger charge is 2.13. The van der Waals surface area contributed by atoms with Crippen molar-refractivity contribution in [1.29, 1.82) is 0 Å². The second-order valence-corrected chi connectivity index (χ2v) is 3.68. The summed E-state index contributed by atoms with van der Waals surface area (Å²) in [4.78, 5) is 11.4. The number of hydrogen-bond acceptors (Lipinski definition) is 3. The first kappa shape index (κ1) is 10.5. The highest BCUT2D eigenvalue weighted by Crippen LogP contribution is 2.29. The van der Waals surface area contributed by atoms with Gasteiger partial charge in [0.25, 0.3) is 0 Å². The molecule has 2 aromatic rings. The van der Waals surface area contributed by atoms with Gasteiger partial charge < -0.3 is 9.84 Å². The fraction of sp³-hybridized carbons (Fsp3) is 0.154. The first-order chi connectivity index (χ1) is 7.63. The Bertz CT molecular complexity index is 558. The van der Waals surface area contributed by atoms with Gasteiger partial charge in [-0.25, -0.2) is 4.79 Å². The predicted octanol–water partition coefficient (Wildman–Crippen LogP) is 2.64. The zero-order valence-corrected chi connectivity index (χ0v) is 9.15. The van der Waals surface area contributed by atoms with Gasteiger partial charge in [0, 0.05) is 5.39 Å². The number of carbonyl (C=O) groups is 1. The maximum atomic E-state index is 11.4. The molecule has 3 nitrogen and oxygen atoms in total. The van der Waals surface area contributed by atoms with E-state index in [-0.39, 0.29) is 11.3 Å². The Morgan fingerprint density at radius 1 is 1.25 bits per heavy atom. The number of aromatic hydroxyl groups is 1. The zero-order chi connectivity index (χ0) is 11.7. The van der Waals surface area contributed by atoms with Crippen LogP contribution in [0.15, 0.2) is 30.3 Å². The Morgan fingerprint density at radius 3 is 2.69 bits per heavy atom. The summed E-state index contributed by atoms with van der Waals surface area (Å²) in [7, 11) is 1.29. The summed E-state index contributed by atoms with van der Waals surface area (Å²) in [5.41, 5.74) is 1.30. The molecule has 0 unspecified atom stereocenters. The van der Waals surface area contributed by atoms with E-state index in [1.54, 1.807) is 18.2 Å². The number of benzene rings is 2. The molecule has 0 bridgehead atoms. The molecule has 0 fully saturated rings. The maximum Gasteiger partial charge on any atom is 0.341 e. The minimum atomic E-state index is -0.528. The molecular weight excluding hydrogens is 204 g/mol. The Balaban J connectivity index is 2.70. The van der Waals surface area contributed by atoms with Crippen molar-refractivity contribution in [3.8, 4) is 5.75 Å². The molecule has 0 saturated carbocycles. The van der Waals surface area contributed by atoms with Crippen molar-refractivity contribution in [1.82, 2.24) is 0 Å². The lowest BCUT2D eigenvalue weighted by atomic mass is 10.0. The molecule has 0 saturated heterocycles. The normalized spacial score (nSPS) is 10.4. The Hall–Kier alpha value is -2.03. The summed E-state index contributed by atoms with van der Waals surface area (Å²) in [6.07, 6.45) is 0. The highest BCUT2D eigenvalue weighted by atomic mass is 16.5. The molecule has 1 N–H and O–H groups in total. The number of esters is 1. The number of ether oxygens (including phenoxy) is 1. The molecule has 2 rings (SSSR count).